The molecule has 1 heterocycles. The van der Waals surface area contributed by atoms with Crippen molar-refractivity contribution in [3.05, 3.63) is 28.7 Å². The van der Waals surface area contributed by atoms with E-state index in [1.807, 2.05) is 24.3 Å². The van der Waals surface area contributed by atoms with Crippen LogP contribution in [0.15, 0.2) is 28.7 Å². The Morgan fingerprint density at radius 3 is 2.58 bits per heavy atom. The summed E-state index contributed by atoms with van der Waals surface area (Å²) in [6.07, 6.45) is -0.452. The van der Waals surface area contributed by atoms with Crippen molar-refractivity contribution >= 4 is 15.9 Å². The van der Waals surface area contributed by atoms with E-state index in [1.165, 1.54) is 0 Å². The van der Waals surface area contributed by atoms with E-state index in [0.717, 1.165) is 41.0 Å². The van der Waals surface area contributed by atoms with Gasteiger partial charge in [-0.2, -0.15) is 0 Å². The van der Waals surface area contributed by atoms with E-state index in [2.05, 4.69) is 23.0 Å². The first-order chi connectivity index (χ1) is 9.07. The Morgan fingerprint density at radius 1 is 1.32 bits per heavy atom. The van der Waals surface area contributed by atoms with Gasteiger partial charge in [0.2, 0.25) is 0 Å². The molecule has 1 N–H and O–H groups in total. The Labute approximate surface area is 122 Å². The Balaban J connectivity index is 1.77. The van der Waals surface area contributed by atoms with Crippen molar-refractivity contribution in [3.63, 3.8) is 0 Å². The zero-order valence-electron chi connectivity index (χ0n) is 11.2. The minimum absolute atomic E-state index is 0.330. The molecule has 106 valence electrons. The number of ether oxygens (including phenoxy) is 2. The second-order valence-corrected chi connectivity index (χ2v) is 6.20. The van der Waals surface area contributed by atoms with E-state index in [1.54, 1.807) is 0 Å². The Bertz CT molecular complexity index is 390. The molecule has 1 aromatic carbocycles. The van der Waals surface area contributed by atoms with Crippen LogP contribution >= 0.6 is 15.9 Å². The fourth-order valence-corrected chi connectivity index (χ4v) is 2.52. The van der Waals surface area contributed by atoms with Crippen molar-refractivity contribution in [2.24, 2.45) is 0 Å². The van der Waals surface area contributed by atoms with Crippen LogP contribution in [0.25, 0.3) is 0 Å². The topological polar surface area (TPSA) is 38.7 Å². The maximum atomic E-state index is 10.1. The number of morpholine rings is 1. The van der Waals surface area contributed by atoms with Gasteiger partial charge in [0.1, 0.15) is 38.1 Å². The predicted octanol–water partition coefficient (Wildman–Crippen LogP) is 1.67. The molecule has 1 unspecified atom stereocenters. The number of rotatable bonds is 5. The first-order valence-corrected chi connectivity index (χ1v) is 7.34. The highest BCUT2D eigenvalue weighted by Gasteiger charge is 2.28. The fourth-order valence-electron chi connectivity index (χ4n) is 2.25. The molecule has 0 saturated carbocycles. The van der Waals surface area contributed by atoms with Gasteiger partial charge in [0, 0.05) is 4.47 Å². The molecule has 1 aromatic rings. The highest BCUT2D eigenvalue weighted by molar-refractivity contribution is 9.10. The first kappa shape index (κ1) is 14.8. The second-order valence-electron chi connectivity index (χ2n) is 5.28. The molecule has 1 aliphatic rings. The summed E-state index contributed by atoms with van der Waals surface area (Å²) >= 11 is 3.38. The van der Waals surface area contributed by atoms with E-state index in [9.17, 15) is 5.11 Å². The number of halogens is 1. The second kappa shape index (κ2) is 6.70. The van der Waals surface area contributed by atoms with Crippen LogP contribution in [0, 0.1) is 0 Å². The summed E-state index contributed by atoms with van der Waals surface area (Å²) in [4.78, 5) is 0. The quantitative estimate of drug-likeness (QED) is 0.834. The van der Waals surface area contributed by atoms with E-state index >= 15 is 0 Å². The van der Waals surface area contributed by atoms with Crippen LogP contribution in [-0.2, 0) is 4.74 Å². The number of likely N-dealkylation sites (N-methyl/N-ethyl adjacent to an activating group) is 1. The lowest BCUT2D eigenvalue weighted by Gasteiger charge is -2.38. The van der Waals surface area contributed by atoms with Gasteiger partial charge >= 0.3 is 0 Å². The van der Waals surface area contributed by atoms with Crippen molar-refractivity contribution in [1.29, 1.82) is 0 Å². The van der Waals surface area contributed by atoms with Gasteiger partial charge in [0.05, 0.1) is 20.3 Å². The van der Waals surface area contributed by atoms with Crippen molar-refractivity contribution in [2.75, 3.05) is 46.5 Å². The Hall–Kier alpha value is -0.620. The highest BCUT2D eigenvalue weighted by Crippen LogP contribution is 2.16. The lowest BCUT2D eigenvalue weighted by molar-refractivity contribution is -0.919. The average Bonchev–Trinajstić information content (AvgIpc) is 2.38. The Kier molecular flexibility index (Phi) is 5.21. The minimum Gasteiger partial charge on any atom is -0.491 e. The average molecular weight is 331 g/mol. The van der Waals surface area contributed by atoms with Gasteiger partial charge in [0.15, 0.2) is 0 Å². The van der Waals surface area contributed by atoms with Gasteiger partial charge in [-0.3, -0.25) is 0 Å². The van der Waals surface area contributed by atoms with Gasteiger partial charge < -0.3 is 19.1 Å². The normalized spacial score (nSPS) is 19.9. The third kappa shape index (κ3) is 4.76. The molecular weight excluding hydrogens is 310 g/mol. The molecule has 4 nitrogen and oxygen atoms in total. The van der Waals surface area contributed by atoms with Gasteiger partial charge in [-0.05, 0) is 24.3 Å². The van der Waals surface area contributed by atoms with Crippen LogP contribution in [0.1, 0.15) is 0 Å². The zero-order chi connectivity index (χ0) is 13.7. The summed E-state index contributed by atoms with van der Waals surface area (Å²) in [6.45, 7) is 4.49. The molecule has 0 amide bonds. The molecule has 0 aliphatic carbocycles. The number of hydrogen-bond acceptors (Lipinski definition) is 3. The summed E-state index contributed by atoms with van der Waals surface area (Å²) in [5.74, 6) is 0.784. The molecule has 5 heteroatoms. The molecule has 0 bridgehead atoms. The van der Waals surface area contributed by atoms with Crippen molar-refractivity contribution in [3.8, 4) is 5.75 Å². The number of hydrogen-bond donors (Lipinski definition) is 1. The Morgan fingerprint density at radius 2 is 1.95 bits per heavy atom. The van der Waals surface area contributed by atoms with E-state index in [-0.39, 0.29) is 0 Å². The first-order valence-electron chi connectivity index (χ1n) is 6.55. The molecule has 1 atom stereocenters. The highest BCUT2D eigenvalue weighted by atomic mass is 79.9. The SMILES string of the molecule is C[N+]1(CC(O)COc2ccc(Br)cc2)CCOCC1. The lowest BCUT2D eigenvalue weighted by Crippen LogP contribution is -2.56. The molecule has 19 heavy (non-hydrogen) atoms. The molecule has 2 rings (SSSR count). The standard InChI is InChI=1S/C14H21BrNO3/c1-16(6-8-18-9-7-16)10-13(17)11-19-14-4-2-12(15)3-5-14/h2-5,13,17H,6-11H2,1H3/q+1. The lowest BCUT2D eigenvalue weighted by atomic mass is 10.2. The van der Waals surface area contributed by atoms with Crippen LogP contribution in [-0.4, -0.2) is 62.2 Å². The van der Waals surface area contributed by atoms with Crippen LogP contribution in [0.3, 0.4) is 0 Å². The molecular formula is C14H21BrNO3+. The summed E-state index contributed by atoms with van der Waals surface area (Å²) in [5, 5.41) is 10.1. The zero-order valence-corrected chi connectivity index (χ0v) is 12.8. The maximum Gasteiger partial charge on any atom is 0.137 e. The summed E-state index contributed by atoms with van der Waals surface area (Å²) in [6, 6.07) is 7.64. The number of aliphatic hydroxyl groups is 1. The molecule has 0 radical (unpaired) electrons. The van der Waals surface area contributed by atoms with E-state index < -0.39 is 6.10 Å². The van der Waals surface area contributed by atoms with Gasteiger partial charge in [-0.1, -0.05) is 15.9 Å². The molecule has 1 saturated heterocycles. The molecule has 0 aromatic heterocycles. The predicted molar refractivity (Wildman–Crippen MR) is 77.2 cm³/mol. The maximum absolute atomic E-state index is 10.1. The van der Waals surface area contributed by atoms with Gasteiger partial charge in [-0.25, -0.2) is 0 Å². The van der Waals surface area contributed by atoms with Crippen molar-refractivity contribution in [2.45, 2.75) is 6.10 Å². The largest absolute Gasteiger partial charge is 0.491 e. The van der Waals surface area contributed by atoms with Crippen molar-refractivity contribution in [1.82, 2.24) is 0 Å². The molecule has 1 fully saturated rings. The van der Waals surface area contributed by atoms with Crippen LogP contribution < -0.4 is 4.74 Å². The summed E-state index contributed by atoms with van der Waals surface area (Å²) in [5.41, 5.74) is 0. The molecule has 1 aliphatic heterocycles. The smallest absolute Gasteiger partial charge is 0.137 e. The van der Waals surface area contributed by atoms with E-state index in [0.29, 0.717) is 13.2 Å². The van der Waals surface area contributed by atoms with Crippen LogP contribution in [0.4, 0.5) is 0 Å². The van der Waals surface area contributed by atoms with E-state index in [4.69, 9.17) is 9.47 Å². The number of benzene rings is 1. The fraction of sp³-hybridized carbons (Fsp3) is 0.571. The number of nitrogens with zero attached hydrogens (tertiary/aromatic N) is 1. The summed E-state index contributed by atoms with van der Waals surface area (Å²) < 4.78 is 12.8. The van der Waals surface area contributed by atoms with Crippen LogP contribution in [0.2, 0.25) is 0 Å². The monoisotopic (exact) mass is 330 g/mol. The van der Waals surface area contributed by atoms with Crippen molar-refractivity contribution < 1.29 is 19.1 Å². The van der Waals surface area contributed by atoms with Gasteiger partial charge in [-0.15, -0.1) is 0 Å². The third-order valence-electron chi connectivity index (χ3n) is 3.46. The van der Waals surface area contributed by atoms with Gasteiger partial charge in [0.25, 0.3) is 0 Å². The number of aliphatic hydroxyl groups excluding tert-OH is 1. The molecule has 0 spiro atoms. The third-order valence-corrected chi connectivity index (χ3v) is 3.99. The summed E-state index contributed by atoms with van der Waals surface area (Å²) in [7, 11) is 2.16. The minimum atomic E-state index is -0.452. The number of quaternary nitrogens is 1. The van der Waals surface area contributed by atoms with Crippen LogP contribution in [0.5, 0.6) is 5.75 Å².